The fourth-order valence-corrected chi connectivity index (χ4v) is 2.55. The molecule has 0 radical (unpaired) electrons. The minimum Gasteiger partial charge on any atom is -0.404 e. The molecule has 0 bridgehead atoms. The number of rotatable bonds is 5. The predicted octanol–water partition coefficient (Wildman–Crippen LogP) is 3.98. The molecule has 3 rings (SSSR count). The SMILES string of the molecule is CCc1c(C(=O)Nc2ccccc2OC(F)(F)F)cnn1-c1ccccn1. The van der Waals surface area contributed by atoms with E-state index in [4.69, 9.17) is 0 Å². The van der Waals surface area contributed by atoms with Gasteiger partial charge in [-0.25, -0.2) is 9.67 Å². The van der Waals surface area contributed by atoms with Crippen molar-refractivity contribution in [1.82, 2.24) is 14.8 Å². The Bertz CT molecular complexity index is 939. The molecule has 0 saturated carbocycles. The second-order valence-electron chi connectivity index (χ2n) is 5.46. The van der Waals surface area contributed by atoms with E-state index in [1.54, 1.807) is 24.4 Å². The second kappa shape index (κ2) is 7.48. The van der Waals surface area contributed by atoms with E-state index < -0.39 is 18.0 Å². The van der Waals surface area contributed by atoms with E-state index >= 15 is 0 Å². The van der Waals surface area contributed by atoms with E-state index in [1.165, 1.54) is 29.1 Å². The van der Waals surface area contributed by atoms with E-state index in [2.05, 4.69) is 20.1 Å². The van der Waals surface area contributed by atoms with Crippen molar-refractivity contribution < 1.29 is 22.7 Å². The van der Waals surface area contributed by atoms with Crippen molar-refractivity contribution in [2.45, 2.75) is 19.7 Å². The summed E-state index contributed by atoms with van der Waals surface area (Å²) in [5, 5.41) is 6.64. The molecule has 0 unspecified atom stereocenters. The van der Waals surface area contributed by atoms with E-state index in [1.807, 2.05) is 6.92 Å². The number of anilines is 1. The molecule has 0 aliphatic heterocycles. The molecule has 1 aromatic carbocycles. The number of aromatic nitrogens is 3. The summed E-state index contributed by atoms with van der Waals surface area (Å²) in [4.78, 5) is 16.8. The smallest absolute Gasteiger partial charge is 0.404 e. The van der Waals surface area contributed by atoms with Gasteiger partial charge in [0.15, 0.2) is 11.6 Å². The van der Waals surface area contributed by atoms with Crippen LogP contribution in [0.1, 0.15) is 23.0 Å². The Hall–Kier alpha value is -3.36. The summed E-state index contributed by atoms with van der Waals surface area (Å²) >= 11 is 0. The largest absolute Gasteiger partial charge is 0.573 e. The van der Waals surface area contributed by atoms with Crippen LogP contribution in [0.5, 0.6) is 5.75 Å². The summed E-state index contributed by atoms with van der Waals surface area (Å²) in [5.74, 6) is -0.546. The van der Waals surface area contributed by atoms with Crippen LogP contribution in [0.15, 0.2) is 54.9 Å². The van der Waals surface area contributed by atoms with Crippen LogP contribution in [0.3, 0.4) is 0 Å². The predicted molar refractivity (Wildman–Crippen MR) is 91.8 cm³/mol. The third-order valence-corrected chi connectivity index (χ3v) is 3.68. The highest BCUT2D eigenvalue weighted by molar-refractivity contribution is 6.05. The molecule has 0 fully saturated rings. The molecule has 0 spiro atoms. The molecule has 6 nitrogen and oxygen atoms in total. The summed E-state index contributed by atoms with van der Waals surface area (Å²) in [7, 11) is 0. The fraction of sp³-hybridized carbons (Fsp3) is 0.167. The van der Waals surface area contributed by atoms with Crippen molar-refractivity contribution in [3.05, 3.63) is 66.1 Å². The standard InChI is InChI=1S/C18H15F3N4O2/c1-2-14-12(11-23-25(14)16-9-5-6-10-22-16)17(26)24-13-7-3-4-8-15(13)27-18(19,20)21/h3-11H,2H2,1H3,(H,24,26). The van der Waals surface area contributed by atoms with Gasteiger partial charge in [0, 0.05) is 6.20 Å². The van der Waals surface area contributed by atoms with Gasteiger partial charge in [-0.1, -0.05) is 25.1 Å². The average Bonchev–Trinajstić information content (AvgIpc) is 3.07. The highest BCUT2D eigenvalue weighted by Crippen LogP contribution is 2.30. The highest BCUT2D eigenvalue weighted by atomic mass is 19.4. The average molecular weight is 376 g/mol. The van der Waals surface area contributed by atoms with Gasteiger partial charge in [0.1, 0.15) is 0 Å². The first-order valence-corrected chi connectivity index (χ1v) is 8.03. The number of carbonyl (C=O) groups is 1. The number of amides is 1. The van der Waals surface area contributed by atoms with Gasteiger partial charge in [-0.3, -0.25) is 4.79 Å². The molecule has 1 amide bonds. The van der Waals surface area contributed by atoms with Crippen LogP contribution in [0.25, 0.3) is 5.82 Å². The molecule has 0 aliphatic carbocycles. The van der Waals surface area contributed by atoms with Crippen molar-refractivity contribution in [1.29, 1.82) is 0 Å². The topological polar surface area (TPSA) is 69.0 Å². The van der Waals surface area contributed by atoms with E-state index in [-0.39, 0.29) is 11.3 Å². The van der Waals surface area contributed by atoms with Crippen LogP contribution >= 0.6 is 0 Å². The Morgan fingerprint density at radius 1 is 1.19 bits per heavy atom. The fourth-order valence-electron chi connectivity index (χ4n) is 2.55. The van der Waals surface area contributed by atoms with Crippen molar-refractivity contribution in [2.24, 2.45) is 0 Å². The lowest BCUT2D eigenvalue weighted by atomic mass is 10.2. The van der Waals surface area contributed by atoms with E-state index in [9.17, 15) is 18.0 Å². The normalized spacial score (nSPS) is 11.3. The first-order chi connectivity index (χ1) is 12.9. The number of carbonyl (C=O) groups excluding carboxylic acids is 1. The Morgan fingerprint density at radius 2 is 1.93 bits per heavy atom. The minimum absolute atomic E-state index is 0.0903. The molecular formula is C18H15F3N4O2. The number of halogens is 3. The summed E-state index contributed by atoms with van der Waals surface area (Å²) in [5.41, 5.74) is 0.734. The lowest BCUT2D eigenvalue weighted by molar-refractivity contribution is -0.274. The monoisotopic (exact) mass is 376 g/mol. The van der Waals surface area contributed by atoms with Crippen LogP contribution in [0.2, 0.25) is 0 Å². The Balaban J connectivity index is 1.89. The number of para-hydroxylation sites is 2. The van der Waals surface area contributed by atoms with Gasteiger partial charge in [0.2, 0.25) is 0 Å². The van der Waals surface area contributed by atoms with Crippen LogP contribution in [-0.2, 0) is 6.42 Å². The summed E-state index contributed by atoms with van der Waals surface area (Å²) in [6, 6.07) is 10.6. The van der Waals surface area contributed by atoms with Crippen molar-refractivity contribution in [2.75, 3.05) is 5.32 Å². The molecule has 0 atom stereocenters. The zero-order valence-corrected chi connectivity index (χ0v) is 14.2. The van der Waals surface area contributed by atoms with E-state index in [0.717, 1.165) is 6.07 Å². The van der Waals surface area contributed by atoms with Crippen LogP contribution in [0.4, 0.5) is 18.9 Å². The van der Waals surface area contributed by atoms with Crippen molar-refractivity contribution in [3.63, 3.8) is 0 Å². The second-order valence-corrected chi connectivity index (χ2v) is 5.46. The van der Waals surface area contributed by atoms with Gasteiger partial charge >= 0.3 is 6.36 Å². The van der Waals surface area contributed by atoms with E-state index in [0.29, 0.717) is 17.9 Å². The zero-order valence-electron chi connectivity index (χ0n) is 14.2. The first-order valence-electron chi connectivity index (χ1n) is 8.03. The number of pyridine rings is 1. The molecule has 140 valence electrons. The third-order valence-electron chi connectivity index (χ3n) is 3.68. The van der Waals surface area contributed by atoms with Crippen LogP contribution in [-0.4, -0.2) is 27.0 Å². The van der Waals surface area contributed by atoms with Crippen LogP contribution < -0.4 is 10.1 Å². The molecular weight excluding hydrogens is 361 g/mol. The van der Waals surface area contributed by atoms with Gasteiger partial charge in [-0.2, -0.15) is 5.10 Å². The maximum atomic E-state index is 12.6. The molecule has 0 saturated heterocycles. The molecule has 0 aliphatic rings. The summed E-state index contributed by atoms with van der Waals surface area (Å²) in [6.45, 7) is 1.84. The van der Waals surface area contributed by atoms with Crippen LogP contribution in [0, 0.1) is 0 Å². The summed E-state index contributed by atoms with van der Waals surface area (Å²) in [6.07, 6.45) is -1.43. The van der Waals surface area contributed by atoms with Gasteiger partial charge in [-0.05, 0) is 30.7 Å². The van der Waals surface area contributed by atoms with Crippen molar-refractivity contribution >= 4 is 11.6 Å². The maximum absolute atomic E-state index is 12.6. The molecule has 1 N–H and O–H groups in total. The zero-order chi connectivity index (χ0) is 19.4. The lowest BCUT2D eigenvalue weighted by Gasteiger charge is -2.14. The number of ether oxygens (including phenoxy) is 1. The molecule has 9 heteroatoms. The number of nitrogens with one attached hydrogen (secondary N) is 1. The van der Waals surface area contributed by atoms with Gasteiger partial charge < -0.3 is 10.1 Å². The number of alkyl halides is 3. The number of nitrogens with zero attached hydrogens (tertiary/aromatic N) is 3. The maximum Gasteiger partial charge on any atom is 0.573 e. The van der Waals surface area contributed by atoms with Gasteiger partial charge in [-0.15, -0.1) is 13.2 Å². The van der Waals surface area contributed by atoms with Crippen molar-refractivity contribution in [3.8, 4) is 11.6 Å². The summed E-state index contributed by atoms with van der Waals surface area (Å²) < 4.78 is 43.1. The molecule has 3 aromatic rings. The highest BCUT2D eigenvalue weighted by Gasteiger charge is 2.32. The Morgan fingerprint density at radius 3 is 2.59 bits per heavy atom. The number of hydrogen-bond acceptors (Lipinski definition) is 4. The first kappa shape index (κ1) is 18.4. The quantitative estimate of drug-likeness (QED) is 0.731. The lowest BCUT2D eigenvalue weighted by Crippen LogP contribution is -2.20. The van der Waals surface area contributed by atoms with Gasteiger partial charge in [0.05, 0.1) is 23.1 Å². The molecule has 2 heterocycles. The molecule has 2 aromatic heterocycles. The number of benzene rings is 1. The minimum atomic E-state index is -4.86. The number of hydrogen-bond donors (Lipinski definition) is 1. The third kappa shape index (κ3) is 4.25. The van der Waals surface area contributed by atoms with Gasteiger partial charge in [0.25, 0.3) is 5.91 Å². The Kier molecular flexibility index (Phi) is 5.11. The Labute approximate surface area is 152 Å². The molecule has 27 heavy (non-hydrogen) atoms.